The van der Waals surface area contributed by atoms with Crippen LogP contribution in [0.3, 0.4) is 0 Å². The average molecular weight is 203 g/mol. The molecule has 0 fully saturated rings. The Balaban J connectivity index is 2.87. The highest BCUT2D eigenvalue weighted by Crippen LogP contribution is 2.12. The lowest BCUT2D eigenvalue weighted by Crippen LogP contribution is -2.11. The summed E-state index contributed by atoms with van der Waals surface area (Å²) in [6.07, 6.45) is 2.85. The van der Waals surface area contributed by atoms with Crippen LogP contribution in [0.2, 0.25) is 0 Å². The van der Waals surface area contributed by atoms with Crippen molar-refractivity contribution in [1.29, 1.82) is 0 Å². The predicted octanol–water partition coefficient (Wildman–Crippen LogP) is 2.14. The second-order valence-corrected chi connectivity index (χ2v) is 3.91. The summed E-state index contributed by atoms with van der Waals surface area (Å²) in [4.78, 5) is 12.9. The molecule has 0 amide bonds. The number of carbonyl (C=O) groups is 1. The Hall–Kier alpha value is -1.41. The van der Waals surface area contributed by atoms with Gasteiger partial charge in [0, 0.05) is 12.1 Å². The van der Waals surface area contributed by atoms with Crippen LogP contribution in [-0.2, 0) is 4.79 Å². The van der Waals surface area contributed by atoms with Gasteiger partial charge in [0.05, 0.1) is 0 Å². The number of hydrogen-bond donors (Lipinski definition) is 0. The third-order valence-electron chi connectivity index (χ3n) is 2.19. The summed E-state index contributed by atoms with van der Waals surface area (Å²) >= 11 is 0. The molecular weight excluding hydrogens is 186 g/mol. The van der Waals surface area contributed by atoms with Crippen molar-refractivity contribution in [3.05, 3.63) is 41.5 Å². The number of rotatable bonds is 4. The number of aldehydes is 1. The van der Waals surface area contributed by atoms with E-state index in [0.717, 1.165) is 24.0 Å². The smallest absolute Gasteiger partial charge is 0.150 e. The predicted molar refractivity (Wildman–Crippen MR) is 63.8 cm³/mol. The zero-order valence-corrected chi connectivity index (χ0v) is 9.53. The molecule has 0 bridgehead atoms. The van der Waals surface area contributed by atoms with Gasteiger partial charge in [0.2, 0.25) is 0 Å². The number of hydrogen-bond acceptors (Lipinski definition) is 2. The van der Waals surface area contributed by atoms with Crippen molar-refractivity contribution in [3.63, 3.8) is 0 Å². The largest absolute Gasteiger partial charge is 0.306 e. The molecule has 0 aliphatic rings. The van der Waals surface area contributed by atoms with Gasteiger partial charge in [-0.1, -0.05) is 35.9 Å². The maximum atomic E-state index is 10.9. The molecule has 0 aliphatic carbocycles. The minimum absolute atomic E-state index is 0.753. The van der Waals surface area contributed by atoms with Crippen molar-refractivity contribution in [2.45, 2.75) is 6.92 Å². The van der Waals surface area contributed by atoms with Crippen molar-refractivity contribution >= 4 is 11.9 Å². The molecule has 0 aliphatic heterocycles. The third kappa shape index (κ3) is 3.68. The first-order valence-corrected chi connectivity index (χ1v) is 5.00. The van der Waals surface area contributed by atoms with Gasteiger partial charge in [-0.05, 0) is 26.6 Å². The standard InChI is InChI=1S/C13H17NO/c1-11-4-6-12(7-5-11)13(10-15)8-9-14(2)3/h4-8,10H,9H2,1-3H3/b13-8-. The highest BCUT2D eigenvalue weighted by Gasteiger charge is 1.99. The Labute approximate surface area is 91.2 Å². The van der Waals surface area contributed by atoms with Crippen LogP contribution in [0.5, 0.6) is 0 Å². The number of aryl methyl sites for hydroxylation is 1. The minimum atomic E-state index is 0.753. The lowest BCUT2D eigenvalue weighted by Gasteiger charge is -2.06. The molecule has 80 valence electrons. The molecule has 0 saturated heterocycles. The first-order chi connectivity index (χ1) is 7.13. The average Bonchev–Trinajstić information content (AvgIpc) is 2.21. The Morgan fingerprint density at radius 3 is 2.33 bits per heavy atom. The number of likely N-dealkylation sites (N-methyl/N-ethyl adjacent to an activating group) is 1. The van der Waals surface area contributed by atoms with Gasteiger partial charge >= 0.3 is 0 Å². The Morgan fingerprint density at radius 1 is 1.27 bits per heavy atom. The second kappa shape index (κ2) is 5.47. The van der Waals surface area contributed by atoms with E-state index in [4.69, 9.17) is 0 Å². The molecule has 0 heterocycles. The summed E-state index contributed by atoms with van der Waals surface area (Å²) in [6, 6.07) is 7.99. The topological polar surface area (TPSA) is 20.3 Å². The van der Waals surface area contributed by atoms with Crippen molar-refractivity contribution in [1.82, 2.24) is 4.90 Å². The number of allylic oxidation sites excluding steroid dienone is 1. The van der Waals surface area contributed by atoms with E-state index in [1.807, 2.05) is 56.3 Å². The highest BCUT2D eigenvalue weighted by atomic mass is 16.1. The molecule has 1 aromatic carbocycles. The quantitative estimate of drug-likeness (QED) is 0.552. The van der Waals surface area contributed by atoms with Crippen LogP contribution in [0.25, 0.3) is 5.57 Å². The van der Waals surface area contributed by atoms with E-state index in [9.17, 15) is 4.79 Å². The van der Waals surface area contributed by atoms with Crippen LogP contribution >= 0.6 is 0 Å². The van der Waals surface area contributed by atoms with Gasteiger partial charge in [-0.15, -0.1) is 0 Å². The fourth-order valence-electron chi connectivity index (χ4n) is 1.26. The fourth-order valence-corrected chi connectivity index (χ4v) is 1.26. The summed E-state index contributed by atoms with van der Waals surface area (Å²) in [5.41, 5.74) is 2.94. The molecule has 0 saturated carbocycles. The molecule has 0 atom stereocenters. The monoisotopic (exact) mass is 203 g/mol. The first-order valence-electron chi connectivity index (χ1n) is 5.00. The van der Waals surface area contributed by atoms with Gasteiger partial charge in [-0.3, -0.25) is 4.79 Å². The Bertz CT molecular complexity index is 349. The highest BCUT2D eigenvalue weighted by molar-refractivity contribution is 6.06. The molecule has 0 radical (unpaired) electrons. The summed E-state index contributed by atoms with van der Waals surface area (Å²) in [7, 11) is 3.96. The van der Waals surface area contributed by atoms with Gasteiger partial charge in [0.1, 0.15) is 6.29 Å². The Kier molecular flexibility index (Phi) is 4.25. The summed E-state index contributed by atoms with van der Waals surface area (Å²) in [6.45, 7) is 2.82. The van der Waals surface area contributed by atoms with Crippen LogP contribution in [0.15, 0.2) is 30.3 Å². The van der Waals surface area contributed by atoms with Gasteiger partial charge in [-0.2, -0.15) is 0 Å². The number of carbonyl (C=O) groups excluding carboxylic acids is 1. The molecule has 0 aromatic heterocycles. The maximum absolute atomic E-state index is 10.9. The van der Waals surface area contributed by atoms with Crippen molar-refractivity contribution in [2.24, 2.45) is 0 Å². The summed E-state index contributed by atoms with van der Waals surface area (Å²) in [5.74, 6) is 0. The maximum Gasteiger partial charge on any atom is 0.150 e. The first kappa shape index (κ1) is 11.7. The zero-order valence-electron chi connectivity index (χ0n) is 9.53. The third-order valence-corrected chi connectivity index (χ3v) is 2.19. The van der Waals surface area contributed by atoms with E-state index in [0.29, 0.717) is 0 Å². The van der Waals surface area contributed by atoms with Gasteiger partial charge in [0.25, 0.3) is 0 Å². The SMILES string of the molecule is Cc1ccc(/C(C=O)=C\CN(C)C)cc1. The lowest BCUT2D eigenvalue weighted by atomic mass is 10.1. The van der Waals surface area contributed by atoms with Crippen molar-refractivity contribution < 1.29 is 4.79 Å². The molecular formula is C13H17NO. The van der Waals surface area contributed by atoms with Crippen LogP contribution in [0.4, 0.5) is 0 Å². The van der Waals surface area contributed by atoms with Crippen LogP contribution in [0.1, 0.15) is 11.1 Å². The molecule has 0 spiro atoms. The normalized spacial score (nSPS) is 11.9. The molecule has 15 heavy (non-hydrogen) atoms. The molecule has 1 aromatic rings. The minimum Gasteiger partial charge on any atom is -0.306 e. The van der Waals surface area contributed by atoms with E-state index in [1.165, 1.54) is 5.56 Å². The number of nitrogens with zero attached hydrogens (tertiary/aromatic N) is 1. The molecule has 2 heteroatoms. The molecule has 2 nitrogen and oxygen atoms in total. The van der Waals surface area contributed by atoms with Crippen LogP contribution < -0.4 is 0 Å². The summed E-state index contributed by atoms with van der Waals surface area (Å²) in [5, 5.41) is 0. The van der Waals surface area contributed by atoms with Gasteiger partial charge in [-0.25, -0.2) is 0 Å². The van der Waals surface area contributed by atoms with E-state index in [-0.39, 0.29) is 0 Å². The molecule has 0 N–H and O–H groups in total. The lowest BCUT2D eigenvalue weighted by molar-refractivity contribution is -0.103. The van der Waals surface area contributed by atoms with E-state index in [2.05, 4.69) is 0 Å². The second-order valence-electron chi connectivity index (χ2n) is 3.91. The van der Waals surface area contributed by atoms with E-state index >= 15 is 0 Å². The molecule has 0 unspecified atom stereocenters. The summed E-state index contributed by atoms with van der Waals surface area (Å²) < 4.78 is 0. The fraction of sp³-hybridized carbons (Fsp3) is 0.308. The van der Waals surface area contributed by atoms with Crippen LogP contribution in [0, 0.1) is 6.92 Å². The number of benzene rings is 1. The van der Waals surface area contributed by atoms with Crippen LogP contribution in [-0.4, -0.2) is 31.8 Å². The van der Waals surface area contributed by atoms with Crippen molar-refractivity contribution in [3.8, 4) is 0 Å². The Morgan fingerprint density at radius 2 is 1.87 bits per heavy atom. The molecule has 1 rings (SSSR count). The van der Waals surface area contributed by atoms with Crippen molar-refractivity contribution in [2.75, 3.05) is 20.6 Å². The zero-order chi connectivity index (χ0) is 11.3. The van der Waals surface area contributed by atoms with E-state index in [1.54, 1.807) is 0 Å². The van der Waals surface area contributed by atoms with Gasteiger partial charge < -0.3 is 4.90 Å². The van der Waals surface area contributed by atoms with E-state index < -0.39 is 0 Å². The van der Waals surface area contributed by atoms with Gasteiger partial charge in [0.15, 0.2) is 0 Å².